The van der Waals surface area contributed by atoms with Crippen molar-refractivity contribution in [3.63, 3.8) is 0 Å². The zero-order valence-corrected chi connectivity index (χ0v) is 37.7. The fourth-order valence-electron chi connectivity index (χ4n) is 6.96. The van der Waals surface area contributed by atoms with Crippen LogP contribution in [0.2, 0.25) is 0 Å². The fraction of sp³-hybridized carbons (Fsp3) is 0.535. The van der Waals surface area contributed by atoms with Crippen molar-refractivity contribution < 1.29 is 53.6 Å². The highest BCUT2D eigenvalue weighted by atomic mass is 19.1. The predicted octanol–water partition coefficient (Wildman–Crippen LogP) is 3.06. The van der Waals surface area contributed by atoms with Crippen molar-refractivity contribution in [1.82, 2.24) is 25.3 Å². The Morgan fingerprint density at radius 2 is 1.20 bits per heavy atom. The van der Waals surface area contributed by atoms with E-state index >= 15 is 0 Å². The molecule has 0 spiro atoms. The van der Waals surface area contributed by atoms with E-state index in [-0.39, 0.29) is 62.4 Å². The SMILES string of the molecule is COC1CCC(CO)N(c2ccc(N)nc2)C1.COC1CCC(CO)N(c2ccc([N+](=O)[O-])nc2)C1.COC1CCC(CO)NC1.COc1ccc(CO)nc1.O=[N+]([O-])c1ccc(F)cn1. The van der Waals surface area contributed by atoms with Gasteiger partial charge in [-0.05, 0) is 94.7 Å². The Kier molecular flexibility index (Phi) is 24.5. The van der Waals surface area contributed by atoms with Crippen LogP contribution in [0.15, 0.2) is 73.3 Å². The van der Waals surface area contributed by atoms with Crippen molar-refractivity contribution in [2.24, 2.45) is 0 Å². The molecule has 7 N–H and O–H groups in total. The molecule has 0 bridgehead atoms. The second-order valence-corrected chi connectivity index (χ2v) is 15.1. The smallest absolute Gasteiger partial charge is 0.363 e. The number of nitro groups is 2. The first-order valence-corrected chi connectivity index (χ1v) is 21.2. The van der Waals surface area contributed by atoms with Crippen molar-refractivity contribution >= 4 is 28.8 Å². The summed E-state index contributed by atoms with van der Waals surface area (Å²) in [5.41, 5.74) is 7.98. The van der Waals surface area contributed by atoms with Crippen LogP contribution < -0.4 is 25.6 Å². The van der Waals surface area contributed by atoms with Crippen LogP contribution in [0, 0.1) is 26.0 Å². The van der Waals surface area contributed by atoms with Crippen LogP contribution in [0.5, 0.6) is 5.75 Å². The van der Waals surface area contributed by atoms with Gasteiger partial charge in [-0.2, -0.15) is 0 Å². The number of anilines is 3. The number of rotatable bonds is 12. The maximum atomic E-state index is 12.1. The number of piperidine rings is 3. The Hall–Kier alpha value is -5.79. The van der Waals surface area contributed by atoms with Crippen molar-refractivity contribution in [2.75, 3.05) is 83.4 Å². The first-order chi connectivity index (χ1) is 31.8. The molecule has 364 valence electrons. The normalized spacial score (nSPS) is 21.2. The molecule has 66 heavy (non-hydrogen) atoms. The molecule has 3 saturated heterocycles. The summed E-state index contributed by atoms with van der Waals surface area (Å²) in [6.45, 7) is 2.74. The molecular weight excluding hydrogens is 868 g/mol. The number of nitrogens with zero attached hydrogens (tertiary/aromatic N) is 8. The second-order valence-electron chi connectivity index (χ2n) is 15.1. The number of ether oxygens (including phenoxy) is 4. The Balaban J connectivity index is 0.000000226. The van der Waals surface area contributed by atoms with Crippen LogP contribution in [0.4, 0.5) is 33.2 Å². The fourth-order valence-corrected chi connectivity index (χ4v) is 6.96. The summed E-state index contributed by atoms with van der Waals surface area (Å²) >= 11 is 0. The molecule has 4 aromatic rings. The van der Waals surface area contributed by atoms with Crippen molar-refractivity contribution in [2.45, 2.75) is 81.6 Å². The lowest BCUT2D eigenvalue weighted by atomic mass is 10.00. The van der Waals surface area contributed by atoms with Gasteiger partial charge in [0, 0.05) is 59.1 Å². The standard InChI is InChI=1S/C12H17N3O4.C12H19N3O2.C7H15NO2.C7H9NO2.C5H3FN2O2/c1-19-11-4-2-10(8-16)14(7-11)9-3-5-12(13-6-9)15(17)18;1-17-11-4-2-10(8-16)15(7-11)9-3-5-12(13)14-6-9;2*1-10-7-3-2-6(5-9)8-4-7;6-4-1-2-5(7-3-4)8(9)10/h3,5-6,10-11,16H,2,4,7-8H2,1H3;3,5-6,10-11,16H,2,4,7-8H2,1H3,(H2,13,14);6-9H,2-5H2,1H3;2-4,9H,5H2,1H3;1-3H. The third-order valence-corrected chi connectivity index (χ3v) is 10.9. The van der Waals surface area contributed by atoms with Gasteiger partial charge in [0.25, 0.3) is 0 Å². The molecule has 3 aliphatic rings. The highest BCUT2D eigenvalue weighted by molar-refractivity contribution is 5.50. The minimum atomic E-state index is -0.681. The van der Waals surface area contributed by atoms with E-state index in [0.29, 0.717) is 36.0 Å². The van der Waals surface area contributed by atoms with E-state index in [2.05, 4.69) is 30.2 Å². The molecule has 6 atom stereocenters. The lowest BCUT2D eigenvalue weighted by Crippen LogP contribution is -2.48. The monoisotopic (exact) mass is 930 g/mol. The Bertz CT molecular complexity index is 1920. The van der Waals surface area contributed by atoms with E-state index in [0.717, 1.165) is 81.3 Å². The van der Waals surface area contributed by atoms with Gasteiger partial charge >= 0.3 is 11.6 Å². The van der Waals surface area contributed by atoms with Gasteiger partial charge in [0.15, 0.2) is 18.2 Å². The van der Waals surface area contributed by atoms with Crippen LogP contribution in [-0.2, 0) is 20.8 Å². The zero-order chi connectivity index (χ0) is 48.4. The molecule has 3 fully saturated rings. The van der Waals surface area contributed by atoms with Gasteiger partial charge in [0.05, 0.1) is 93.4 Å². The number of nitrogens with one attached hydrogen (secondary N) is 1. The number of pyridine rings is 4. The number of hydrogen-bond acceptors (Lipinski definition) is 20. The number of aliphatic hydroxyl groups excluding tert-OH is 4. The molecule has 0 aromatic carbocycles. The largest absolute Gasteiger partial charge is 0.495 e. The maximum absolute atomic E-state index is 12.1. The van der Waals surface area contributed by atoms with Crippen LogP contribution in [0.3, 0.4) is 0 Å². The van der Waals surface area contributed by atoms with Crippen LogP contribution in [0.1, 0.15) is 44.2 Å². The lowest BCUT2D eigenvalue weighted by Gasteiger charge is -2.39. The molecule has 4 aromatic heterocycles. The van der Waals surface area contributed by atoms with Crippen molar-refractivity contribution in [3.8, 4) is 5.75 Å². The van der Waals surface area contributed by atoms with Crippen LogP contribution in [0.25, 0.3) is 0 Å². The summed E-state index contributed by atoms with van der Waals surface area (Å²) in [5.74, 6) is 0.114. The summed E-state index contributed by atoms with van der Waals surface area (Å²) in [7, 11) is 6.70. The second kappa shape index (κ2) is 29.7. The molecule has 7 rings (SSSR count). The molecule has 0 aliphatic carbocycles. The Morgan fingerprint density at radius 1 is 0.667 bits per heavy atom. The molecule has 3 aliphatic heterocycles. The molecule has 0 amide bonds. The van der Waals surface area contributed by atoms with Gasteiger partial charge in [-0.15, -0.1) is 0 Å². The first kappa shape index (κ1) is 54.5. The number of methoxy groups -OCH3 is 4. The van der Waals surface area contributed by atoms with E-state index in [1.54, 1.807) is 65.1 Å². The summed E-state index contributed by atoms with van der Waals surface area (Å²) in [4.78, 5) is 38.4. The average molecular weight is 931 g/mol. The molecule has 0 saturated carbocycles. The number of nitrogens with two attached hydrogens (primary N) is 1. The molecule has 0 radical (unpaired) electrons. The maximum Gasteiger partial charge on any atom is 0.363 e. The number of aromatic nitrogens is 4. The third-order valence-electron chi connectivity index (χ3n) is 10.9. The summed E-state index contributed by atoms with van der Waals surface area (Å²) in [5, 5.41) is 59.9. The van der Waals surface area contributed by atoms with E-state index in [9.17, 15) is 34.8 Å². The van der Waals surface area contributed by atoms with E-state index < -0.39 is 15.7 Å². The minimum absolute atomic E-state index is 0.00894. The van der Waals surface area contributed by atoms with Gasteiger partial charge in [-0.3, -0.25) is 4.98 Å². The van der Waals surface area contributed by atoms with Crippen LogP contribution >= 0.6 is 0 Å². The van der Waals surface area contributed by atoms with E-state index in [1.807, 2.05) is 11.0 Å². The van der Waals surface area contributed by atoms with Gasteiger partial charge in [0.1, 0.15) is 11.6 Å². The lowest BCUT2D eigenvalue weighted by molar-refractivity contribution is -0.389. The zero-order valence-electron chi connectivity index (χ0n) is 37.7. The number of aliphatic hydroxyl groups is 4. The molecule has 6 unspecified atom stereocenters. The predicted molar refractivity (Wildman–Crippen MR) is 243 cm³/mol. The van der Waals surface area contributed by atoms with Gasteiger partial charge in [-0.25, -0.2) is 9.37 Å². The van der Waals surface area contributed by atoms with Gasteiger partial charge < -0.3 is 80.5 Å². The topological polar surface area (TPSA) is 300 Å². The van der Waals surface area contributed by atoms with Crippen molar-refractivity contribution in [3.05, 3.63) is 105 Å². The summed E-state index contributed by atoms with van der Waals surface area (Å²) < 4.78 is 32.8. The van der Waals surface area contributed by atoms with E-state index in [4.69, 9.17) is 34.9 Å². The third kappa shape index (κ3) is 18.2. The Morgan fingerprint density at radius 3 is 1.56 bits per heavy atom. The molecular formula is C43H63FN10O12. The summed E-state index contributed by atoms with van der Waals surface area (Å²) in [6.07, 6.45) is 12.0. The highest BCUT2D eigenvalue weighted by Crippen LogP contribution is 2.27. The number of hydrogen-bond donors (Lipinski definition) is 6. The summed E-state index contributed by atoms with van der Waals surface area (Å²) in [6, 6.07) is 12.7. The molecule has 22 nitrogen and oxygen atoms in total. The quantitative estimate of drug-likeness (QED) is 0.0879. The molecule has 23 heteroatoms. The van der Waals surface area contributed by atoms with Crippen molar-refractivity contribution in [1.29, 1.82) is 0 Å². The number of halogens is 1. The average Bonchev–Trinajstić information content (AvgIpc) is 3.37. The molecule has 7 heterocycles. The first-order valence-electron chi connectivity index (χ1n) is 21.2. The van der Waals surface area contributed by atoms with Gasteiger partial charge in [-0.1, -0.05) is 0 Å². The minimum Gasteiger partial charge on any atom is -0.495 e. The number of nitrogen functional groups attached to an aromatic ring is 1. The highest BCUT2D eigenvalue weighted by Gasteiger charge is 2.30. The Labute approximate surface area is 382 Å². The van der Waals surface area contributed by atoms with Gasteiger partial charge in [0.2, 0.25) is 0 Å². The van der Waals surface area contributed by atoms with Crippen LogP contribution in [-0.4, -0.2) is 155 Å². The van der Waals surface area contributed by atoms with E-state index in [1.165, 1.54) is 12.3 Å².